The van der Waals surface area contributed by atoms with Gasteiger partial charge in [-0.25, -0.2) is 4.68 Å². The zero-order chi connectivity index (χ0) is 15.9. The van der Waals surface area contributed by atoms with Gasteiger partial charge in [0.2, 0.25) is 5.91 Å². The van der Waals surface area contributed by atoms with E-state index in [4.69, 9.17) is 0 Å². The molecule has 0 aliphatic rings. The molecule has 22 heavy (non-hydrogen) atoms. The van der Waals surface area contributed by atoms with Gasteiger partial charge in [0.05, 0.1) is 10.2 Å². The molecule has 1 atom stereocenters. The number of rotatable bonds is 4. The summed E-state index contributed by atoms with van der Waals surface area (Å²) in [5, 5.41) is 6.96. The smallest absolute Gasteiger partial charge is 0.291 e. The summed E-state index contributed by atoms with van der Waals surface area (Å²) in [6, 6.07) is 3.99. The molecule has 1 amide bonds. The van der Waals surface area contributed by atoms with Crippen molar-refractivity contribution in [2.75, 3.05) is 0 Å². The fourth-order valence-electron chi connectivity index (χ4n) is 2.39. The van der Waals surface area contributed by atoms with E-state index in [2.05, 4.69) is 10.4 Å². The molecule has 116 valence electrons. The second kappa shape index (κ2) is 5.57. The van der Waals surface area contributed by atoms with Gasteiger partial charge in [0.25, 0.3) is 5.56 Å². The van der Waals surface area contributed by atoms with Crippen molar-refractivity contribution in [1.29, 1.82) is 0 Å². The van der Waals surface area contributed by atoms with E-state index in [1.165, 1.54) is 9.56 Å². The van der Waals surface area contributed by atoms with Crippen LogP contribution in [0.15, 0.2) is 23.3 Å². The van der Waals surface area contributed by atoms with Crippen LogP contribution >= 0.6 is 11.3 Å². The standard InChI is InChI=1S/C15H18N4O2S/c1-4-9(2)17-14(20)7-19-15(21)12-6-13-11(5-10(3)22-13)18(12)8-16-19/h5-6,8-9H,4,7H2,1-3H3,(H,17,20). The molecule has 0 radical (unpaired) electrons. The summed E-state index contributed by atoms with van der Waals surface area (Å²) in [4.78, 5) is 25.6. The topological polar surface area (TPSA) is 68.4 Å². The van der Waals surface area contributed by atoms with Crippen LogP contribution in [0.4, 0.5) is 0 Å². The van der Waals surface area contributed by atoms with Crippen molar-refractivity contribution in [3.63, 3.8) is 0 Å². The van der Waals surface area contributed by atoms with Gasteiger partial charge < -0.3 is 5.32 Å². The molecule has 1 unspecified atom stereocenters. The molecule has 3 rings (SSSR count). The molecule has 0 saturated carbocycles. The molecule has 6 nitrogen and oxygen atoms in total. The van der Waals surface area contributed by atoms with Crippen molar-refractivity contribution < 1.29 is 4.79 Å². The SMILES string of the molecule is CCC(C)NC(=O)Cn1ncn2c(cc3sc(C)cc32)c1=O. The van der Waals surface area contributed by atoms with E-state index < -0.39 is 0 Å². The van der Waals surface area contributed by atoms with Gasteiger partial charge in [0, 0.05) is 10.9 Å². The van der Waals surface area contributed by atoms with E-state index in [1.54, 1.807) is 22.1 Å². The summed E-state index contributed by atoms with van der Waals surface area (Å²) >= 11 is 1.64. The molecule has 0 aliphatic carbocycles. The van der Waals surface area contributed by atoms with Crippen LogP contribution in [0.2, 0.25) is 0 Å². The number of aromatic nitrogens is 3. The monoisotopic (exact) mass is 318 g/mol. The number of carbonyl (C=O) groups excluding carboxylic acids is 1. The predicted molar refractivity (Wildman–Crippen MR) is 87.5 cm³/mol. The first kappa shape index (κ1) is 14.8. The third-order valence-electron chi connectivity index (χ3n) is 3.72. The van der Waals surface area contributed by atoms with Gasteiger partial charge in [-0.05, 0) is 32.4 Å². The minimum absolute atomic E-state index is 0.0580. The van der Waals surface area contributed by atoms with Crippen molar-refractivity contribution >= 4 is 33.0 Å². The highest BCUT2D eigenvalue weighted by atomic mass is 32.1. The largest absolute Gasteiger partial charge is 0.352 e. The first-order valence-corrected chi connectivity index (χ1v) is 8.08. The Labute approximate surface area is 131 Å². The summed E-state index contributed by atoms with van der Waals surface area (Å²) in [6.07, 6.45) is 2.45. The van der Waals surface area contributed by atoms with Crippen LogP contribution in [-0.2, 0) is 11.3 Å². The number of thiophene rings is 1. The van der Waals surface area contributed by atoms with Gasteiger partial charge in [-0.15, -0.1) is 11.3 Å². The molecule has 7 heteroatoms. The van der Waals surface area contributed by atoms with Crippen LogP contribution in [0.1, 0.15) is 25.1 Å². The van der Waals surface area contributed by atoms with E-state index in [9.17, 15) is 9.59 Å². The Hall–Kier alpha value is -2.15. The van der Waals surface area contributed by atoms with Gasteiger partial charge in [0.15, 0.2) is 0 Å². The number of hydrogen-bond donors (Lipinski definition) is 1. The molecular weight excluding hydrogens is 300 g/mol. The van der Waals surface area contributed by atoms with E-state index in [0.29, 0.717) is 5.52 Å². The van der Waals surface area contributed by atoms with Crippen LogP contribution in [0.5, 0.6) is 0 Å². The number of hydrogen-bond acceptors (Lipinski definition) is 4. The lowest BCUT2D eigenvalue weighted by Crippen LogP contribution is -2.38. The van der Waals surface area contributed by atoms with E-state index in [0.717, 1.165) is 16.6 Å². The number of aryl methyl sites for hydroxylation is 1. The number of carbonyl (C=O) groups is 1. The summed E-state index contributed by atoms with van der Waals surface area (Å²) in [5.74, 6) is -0.197. The maximum absolute atomic E-state index is 12.5. The lowest BCUT2D eigenvalue weighted by molar-refractivity contribution is -0.122. The number of fused-ring (bicyclic) bond motifs is 3. The molecule has 3 aromatic heterocycles. The summed E-state index contributed by atoms with van der Waals surface area (Å²) in [6.45, 7) is 5.90. The Balaban J connectivity index is 1.96. The predicted octanol–water partition coefficient (Wildman–Crippen LogP) is 1.93. The van der Waals surface area contributed by atoms with Crippen LogP contribution < -0.4 is 10.9 Å². The van der Waals surface area contributed by atoms with Gasteiger partial charge in [-0.3, -0.25) is 14.0 Å². The zero-order valence-electron chi connectivity index (χ0n) is 12.8. The first-order chi connectivity index (χ1) is 10.5. The lowest BCUT2D eigenvalue weighted by atomic mass is 10.2. The van der Waals surface area contributed by atoms with Crippen molar-refractivity contribution in [2.24, 2.45) is 0 Å². The quantitative estimate of drug-likeness (QED) is 0.799. The van der Waals surface area contributed by atoms with E-state index in [-0.39, 0.29) is 24.1 Å². The Morgan fingerprint density at radius 1 is 1.41 bits per heavy atom. The van der Waals surface area contributed by atoms with Gasteiger partial charge in [-0.1, -0.05) is 6.92 Å². The molecule has 0 aromatic carbocycles. The second-order valence-corrected chi connectivity index (χ2v) is 6.76. The number of nitrogens with zero attached hydrogens (tertiary/aromatic N) is 3. The maximum Gasteiger partial charge on any atom is 0.291 e. The molecule has 0 fully saturated rings. The Bertz CT molecular complexity index is 905. The number of nitrogens with one attached hydrogen (secondary N) is 1. The second-order valence-electron chi connectivity index (χ2n) is 5.48. The molecular formula is C15H18N4O2S. The van der Waals surface area contributed by atoms with Crippen LogP contribution in [0, 0.1) is 6.92 Å². The molecule has 3 heterocycles. The van der Waals surface area contributed by atoms with Crippen molar-refractivity contribution in [2.45, 2.75) is 39.8 Å². The van der Waals surface area contributed by atoms with Crippen LogP contribution in [0.25, 0.3) is 15.7 Å². The van der Waals surface area contributed by atoms with E-state index in [1.807, 2.05) is 32.9 Å². The first-order valence-electron chi connectivity index (χ1n) is 7.26. The maximum atomic E-state index is 12.5. The molecule has 0 aliphatic heterocycles. The van der Waals surface area contributed by atoms with Gasteiger partial charge in [-0.2, -0.15) is 5.10 Å². The van der Waals surface area contributed by atoms with Crippen molar-refractivity contribution in [1.82, 2.24) is 19.5 Å². The summed E-state index contributed by atoms with van der Waals surface area (Å²) < 4.78 is 4.05. The van der Waals surface area contributed by atoms with Gasteiger partial charge >= 0.3 is 0 Å². The summed E-state index contributed by atoms with van der Waals surface area (Å²) in [7, 11) is 0. The molecule has 0 spiro atoms. The average Bonchev–Trinajstić information content (AvgIpc) is 2.98. The fraction of sp³-hybridized carbons (Fsp3) is 0.400. The minimum Gasteiger partial charge on any atom is -0.352 e. The highest BCUT2D eigenvalue weighted by molar-refractivity contribution is 7.19. The van der Waals surface area contributed by atoms with Crippen molar-refractivity contribution in [3.8, 4) is 0 Å². The third-order valence-corrected chi connectivity index (χ3v) is 4.71. The summed E-state index contributed by atoms with van der Waals surface area (Å²) in [5.41, 5.74) is 1.29. The van der Waals surface area contributed by atoms with Crippen LogP contribution in [-0.4, -0.2) is 26.1 Å². The third kappa shape index (κ3) is 2.52. The Morgan fingerprint density at radius 3 is 2.91 bits per heavy atom. The van der Waals surface area contributed by atoms with Crippen LogP contribution in [0.3, 0.4) is 0 Å². The molecule has 1 N–H and O–H groups in total. The Morgan fingerprint density at radius 2 is 2.18 bits per heavy atom. The average molecular weight is 318 g/mol. The van der Waals surface area contributed by atoms with Gasteiger partial charge in [0.1, 0.15) is 18.4 Å². The minimum atomic E-state index is -0.247. The Kier molecular flexibility index (Phi) is 3.74. The zero-order valence-corrected chi connectivity index (χ0v) is 13.6. The highest BCUT2D eigenvalue weighted by Gasteiger charge is 2.13. The molecule has 0 saturated heterocycles. The normalized spacial score (nSPS) is 12.9. The van der Waals surface area contributed by atoms with E-state index >= 15 is 0 Å². The fourth-order valence-corrected chi connectivity index (χ4v) is 3.34. The van der Waals surface area contributed by atoms with Crippen molar-refractivity contribution in [3.05, 3.63) is 33.7 Å². The lowest BCUT2D eigenvalue weighted by Gasteiger charge is -2.11. The molecule has 3 aromatic rings. The highest BCUT2D eigenvalue weighted by Crippen LogP contribution is 2.26. The molecule has 0 bridgehead atoms. The number of amides is 1.